The Morgan fingerprint density at radius 2 is 1.89 bits per heavy atom. The summed E-state index contributed by atoms with van der Waals surface area (Å²) < 4.78 is 0. The molecule has 1 aliphatic rings. The summed E-state index contributed by atoms with van der Waals surface area (Å²) in [7, 11) is 0. The maximum atomic E-state index is 12.3. The third kappa shape index (κ3) is 5.23. The van der Waals surface area contributed by atoms with Crippen molar-refractivity contribution in [3.8, 4) is 0 Å². The number of aromatic nitrogens is 1. The minimum atomic E-state index is -0.0787. The molecule has 3 rings (SSSR count). The van der Waals surface area contributed by atoms with Gasteiger partial charge < -0.3 is 5.32 Å². The van der Waals surface area contributed by atoms with Gasteiger partial charge in [0.25, 0.3) is 0 Å². The van der Waals surface area contributed by atoms with Gasteiger partial charge >= 0.3 is 0 Å². The van der Waals surface area contributed by atoms with E-state index in [1.165, 1.54) is 24.0 Å². The van der Waals surface area contributed by atoms with Crippen LogP contribution in [-0.4, -0.2) is 41.2 Å². The minimum Gasteiger partial charge on any atom is -0.354 e. The highest BCUT2D eigenvalue weighted by molar-refractivity contribution is 5.97. The number of ketones is 1. The van der Waals surface area contributed by atoms with Crippen molar-refractivity contribution in [3.63, 3.8) is 0 Å². The van der Waals surface area contributed by atoms with Crippen molar-refractivity contribution in [2.45, 2.75) is 38.6 Å². The number of benzene rings is 1. The Kier molecular flexibility index (Phi) is 6.71. The molecule has 1 N–H and O–H groups in total. The van der Waals surface area contributed by atoms with Crippen LogP contribution in [0.1, 0.15) is 53.2 Å². The first-order chi connectivity index (χ1) is 13.1. The Morgan fingerprint density at radius 3 is 2.59 bits per heavy atom. The fourth-order valence-corrected chi connectivity index (χ4v) is 3.65. The predicted molar refractivity (Wildman–Crippen MR) is 106 cm³/mol. The number of Topliss-reactive ketones (excluding diaryl/α,β-unsaturated/α-hetero) is 1. The van der Waals surface area contributed by atoms with E-state index in [4.69, 9.17) is 0 Å². The topological polar surface area (TPSA) is 62.3 Å². The average Bonchev–Trinajstić information content (AvgIpc) is 3.23. The number of hydrogen-bond acceptors (Lipinski definition) is 4. The molecule has 1 aromatic carbocycles. The van der Waals surface area contributed by atoms with Crippen LogP contribution in [0.2, 0.25) is 0 Å². The summed E-state index contributed by atoms with van der Waals surface area (Å²) >= 11 is 0. The lowest BCUT2D eigenvalue weighted by Crippen LogP contribution is -2.37. The molecular weight excluding hydrogens is 338 g/mol. The van der Waals surface area contributed by atoms with Crippen LogP contribution < -0.4 is 5.32 Å². The van der Waals surface area contributed by atoms with Crippen molar-refractivity contribution in [2.75, 3.05) is 19.6 Å². The Hall–Kier alpha value is -2.53. The second-order valence-electron chi connectivity index (χ2n) is 7.08. The molecule has 1 aromatic heterocycles. The van der Waals surface area contributed by atoms with Gasteiger partial charge in [0.1, 0.15) is 0 Å². The number of aryl methyl sites for hydroxylation is 1. The van der Waals surface area contributed by atoms with E-state index in [-0.39, 0.29) is 30.6 Å². The van der Waals surface area contributed by atoms with Crippen molar-refractivity contribution in [1.82, 2.24) is 15.2 Å². The van der Waals surface area contributed by atoms with E-state index in [0.717, 1.165) is 13.1 Å². The summed E-state index contributed by atoms with van der Waals surface area (Å²) in [5, 5.41) is 3.04. The molecule has 2 heterocycles. The van der Waals surface area contributed by atoms with Gasteiger partial charge in [-0.1, -0.05) is 24.3 Å². The molecule has 142 valence electrons. The Bertz CT molecular complexity index is 770. The first kappa shape index (κ1) is 19.2. The summed E-state index contributed by atoms with van der Waals surface area (Å²) in [6.45, 7) is 4.82. The predicted octanol–water partition coefficient (Wildman–Crippen LogP) is 3.31. The first-order valence-electron chi connectivity index (χ1n) is 9.64. The molecule has 1 saturated heterocycles. The van der Waals surface area contributed by atoms with Crippen LogP contribution in [0, 0.1) is 6.92 Å². The number of nitrogens with one attached hydrogen (secondary N) is 1. The lowest BCUT2D eigenvalue weighted by atomic mass is 10.00. The average molecular weight is 365 g/mol. The van der Waals surface area contributed by atoms with Crippen molar-refractivity contribution in [3.05, 3.63) is 65.5 Å². The zero-order valence-electron chi connectivity index (χ0n) is 15.9. The van der Waals surface area contributed by atoms with E-state index in [1.807, 2.05) is 6.07 Å². The fraction of sp³-hybridized carbons (Fsp3) is 0.409. The molecule has 1 aliphatic heterocycles. The quantitative estimate of drug-likeness (QED) is 0.729. The van der Waals surface area contributed by atoms with Crippen LogP contribution in [0.25, 0.3) is 0 Å². The van der Waals surface area contributed by atoms with Gasteiger partial charge in [0.05, 0.1) is 6.04 Å². The van der Waals surface area contributed by atoms with Crippen LogP contribution >= 0.6 is 0 Å². The summed E-state index contributed by atoms with van der Waals surface area (Å²) in [5.74, 6) is -0.127. The molecule has 2 aromatic rings. The Morgan fingerprint density at radius 1 is 1.11 bits per heavy atom. The summed E-state index contributed by atoms with van der Waals surface area (Å²) in [5.41, 5.74) is 3.07. The van der Waals surface area contributed by atoms with E-state index in [2.05, 4.69) is 40.3 Å². The highest BCUT2D eigenvalue weighted by atomic mass is 16.2. The summed E-state index contributed by atoms with van der Waals surface area (Å²) in [6.07, 6.45) is 5.99. The maximum absolute atomic E-state index is 12.3. The second-order valence-corrected chi connectivity index (χ2v) is 7.08. The molecule has 1 unspecified atom stereocenters. The van der Waals surface area contributed by atoms with Crippen LogP contribution in [-0.2, 0) is 4.79 Å². The van der Waals surface area contributed by atoms with E-state index in [1.54, 1.807) is 24.5 Å². The standard InChI is InChI=1S/C22H27N3O2/c1-17-7-2-3-9-19(17)20(25-13-4-5-14-25)16-24-22(27)11-10-21(26)18-8-6-12-23-15-18/h2-3,6-9,12,15,20H,4-5,10-11,13-14,16H2,1H3,(H,24,27). The van der Waals surface area contributed by atoms with E-state index < -0.39 is 0 Å². The summed E-state index contributed by atoms with van der Waals surface area (Å²) in [4.78, 5) is 30.9. The zero-order chi connectivity index (χ0) is 19.1. The number of carbonyl (C=O) groups excluding carboxylic acids is 2. The number of rotatable bonds is 8. The fourth-order valence-electron chi connectivity index (χ4n) is 3.65. The number of amides is 1. The van der Waals surface area contributed by atoms with Crippen LogP contribution in [0.5, 0.6) is 0 Å². The van der Waals surface area contributed by atoms with Crippen molar-refractivity contribution in [2.24, 2.45) is 0 Å². The van der Waals surface area contributed by atoms with E-state index in [0.29, 0.717) is 12.1 Å². The molecule has 0 spiro atoms. The molecule has 1 amide bonds. The van der Waals surface area contributed by atoms with Crippen molar-refractivity contribution in [1.29, 1.82) is 0 Å². The lowest BCUT2D eigenvalue weighted by molar-refractivity contribution is -0.121. The lowest BCUT2D eigenvalue weighted by Gasteiger charge is -2.29. The largest absolute Gasteiger partial charge is 0.354 e. The van der Waals surface area contributed by atoms with Crippen LogP contribution in [0.15, 0.2) is 48.8 Å². The van der Waals surface area contributed by atoms with Gasteiger partial charge in [0.15, 0.2) is 5.78 Å². The van der Waals surface area contributed by atoms with Gasteiger partial charge in [-0.15, -0.1) is 0 Å². The number of carbonyl (C=O) groups is 2. The summed E-state index contributed by atoms with van der Waals surface area (Å²) in [6, 6.07) is 12.0. The van der Waals surface area contributed by atoms with Gasteiger partial charge in [0.2, 0.25) is 5.91 Å². The number of pyridine rings is 1. The molecule has 0 bridgehead atoms. The van der Waals surface area contributed by atoms with Gasteiger partial charge in [-0.05, 0) is 56.1 Å². The minimum absolute atomic E-state index is 0.0479. The molecule has 0 saturated carbocycles. The van der Waals surface area contributed by atoms with Gasteiger partial charge in [-0.2, -0.15) is 0 Å². The van der Waals surface area contributed by atoms with E-state index >= 15 is 0 Å². The smallest absolute Gasteiger partial charge is 0.220 e. The van der Waals surface area contributed by atoms with Crippen molar-refractivity contribution >= 4 is 11.7 Å². The Balaban J connectivity index is 1.56. The Labute approximate surface area is 160 Å². The monoisotopic (exact) mass is 365 g/mol. The van der Waals surface area contributed by atoms with E-state index in [9.17, 15) is 9.59 Å². The van der Waals surface area contributed by atoms with Crippen LogP contribution in [0.3, 0.4) is 0 Å². The normalized spacial score (nSPS) is 15.4. The number of hydrogen-bond donors (Lipinski definition) is 1. The number of nitrogens with zero attached hydrogens (tertiary/aromatic N) is 2. The van der Waals surface area contributed by atoms with Gasteiger partial charge in [-0.25, -0.2) is 0 Å². The molecule has 5 heteroatoms. The molecule has 5 nitrogen and oxygen atoms in total. The maximum Gasteiger partial charge on any atom is 0.220 e. The van der Waals surface area contributed by atoms with Gasteiger partial charge in [0, 0.05) is 37.3 Å². The molecular formula is C22H27N3O2. The highest BCUT2D eigenvalue weighted by Gasteiger charge is 2.25. The third-order valence-electron chi connectivity index (χ3n) is 5.18. The molecule has 1 atom stereocenters. The van der Waals surface area contributed by atoms with Crippen molar-refractivity contribution < 1.29 is 9.59 Å². The van der Waals surface area contributed by atoms with Gasteiger partial charge in [-0.3, -0.25) is 19.5 Å². The molecule has 1 fully saturated rings. The van der Waals surface area contributed by atoms with Crippen LogP contribution in [0.4, 0.5) is 0 Å². The molecule has 0 radical (unpaired) electrons. The second kappa shape index (κ2) is 9.42. The molecule has 0 aliphatic carbocycles. The SMILES string of the molecule is Cc1ccccc1C(CNC(=O)CCC(=O)c1cccnc1)N1CCCC1. The third-order valence-corrected chi connectivity index (χ3v) is 5.18. The number of likely N-dealkylation sites (tertiary alicyclic amines) is 1. The molecule has 27 heavy (non-hydrogen) atoms. The highest BCUT2D eigenvalue weighted by Crippen LogP contribution is 2.26. The first-order valence-corrected chi connectivity index (χ1v) is 9.64. The zero-order valence-corrected chi connectivity index (χ0v) is 15.9.